The molecule has 1 unspecified atom stereocenters. The van der Waals surface area contributed by atoms with Crippen molar-refractivity contribution in [3.63, 3.8) is 0 Å². The van der Waals surface area contributed by atoms with E-state index in [0.29, 0.717) is 5.69 Å². The van der Waals surface area contributed by atoms with Crippen molar-refractivity contribution in [2.24, 2.45) is 0 Å². The number of benzene rings is 2. The van der Waals surface area contributed by atoms with Crippen LogP contribution in [0.4, 0.5) is 5.69 Å². The Hall–Kier alpha value is -2.48. The summed E-state index contributed by atoms with van der Waals surface area (Å²) in [7, 11) is -3.78. The molecule has 0 aliphatic rings. The van der Waals surface area contributed by atoms with Gasteiger partial charge in [-0.2, -0.15) is 4.72 Å². The zero-order valence-electron chi connectivity index (χ0n) is 15.7. The molecule has 1 amide bonds. The maximum absolute atomic E-state index is 12.9. The number of anilines is 1. The number of hydrogen-bond acceptors (Lipinski definition) is 4. The lowest BCUT2D eigenvalue weighted by Gasteiger charge is -2.19. The molecule has 0 saturated heterocycles. The molecule has 2 aromatic carbocycles. The average Bonchev–Trinajstić information content (AvgIpc) is 3.21. The number of carbonyl (C=O) groups is 1. The number of aryl methyl sites for hydroxylation is 2. The van der Waals surface area contributed by atoms with E-state index < -0.39 is 22.0 Å². The van der Waals surface area contributed by atoms with Crippen LogP contribution in [0.2, 0.25) is 0 Å². The molecule has 0 aliphatic heterocycles. The normalized spacial score (nSPS) is 12.5. The minimum Gasteiger partial charge on any atom is -0.325 e. The van der Waals surface area contributed by atoms with Crippen LogP contribution in [0.3, 0.4) is 0 Å². The van der Waals surface area contributed by atoms with Gasteiger partial charge in [-0.1, -0.05) is 42.5 Å². The van der Waals surface area contributed by atoms with Gasteiger partial charge in [0.1, 0.15) is 10.3 Å². The number of amides is 1. The number of thiophene rings is 1. The highest BCUT2D eigenvalue weighted by molar-refractivity contribution is 7.91. The maximum Gasteiger partial charge on any atom is 0.250 e. The van der Waals surface area contributed by atoms with E-state index in [1.807, 2.05) is 62.4 Å². The highest BCUT2D eigenvalue weighted by Crippen LogP contribution is 2.18. The molecule has 1 aromatic heterocycles. The molecule has 3 aromatic rings. The van der Waals surface area contributed by atoms with Crippen molar-refractivity contribution < 1.29 is 13.2 Å². The fourth-order valence-electron chi connectivity index (χ4n) is 2.75. The van der Waals surface area contributed by atoms with Crippen LogP contribution in [0, 0.1) is 13.8 Å². The van der Waals surface area contributed by atoms with Crippen LogP contribution in [0.5, 0.6) is 0 Å². The molecule has 7 heteroatoms. The van der Waals surface area contributed by atoms with Crippen LogP contribution < -0.4 is 10.0 Å². The van der Waals surface area contributed by atoms with Crippen LogP contribution in [-0.2, 0) is 21.2 Å². The Bertz CT molecular complexity index is 1050. The second kappa shape index (κ2) is 8.68. The molecule has 0 radical (unpaired) electrons. The van der Waals surface area contributed by atoms with E-state index in [2.05, 4.69) is 10.0 Å². The fourth-order valence-corrected chi connectivity index (χ4v) is 4.95. The molecule has 0 saturated carbocycles. The Morgan fingerprint density at radius 3 is 2.39 bits per heavy atom. The molecule has 28 heavy (non-hydrogen) atoms. The fraction of sp³-hybridized carbons (Fsp3) is 0.190. The predicted octanol–water partition coefficient (Wildman–Crippen LogP) is 3.89. The van der Waals surface area contributed by atoms with Crippen LogP contribution in [-0.4, -0.2) is 20.4 Å². The molecule has 146 valence electrons. The van der Waals surface area contributed by atoms with Gasteiger partial charge in [0.15, 0.2) is 0 Å². The van der Waals surface area contributed by atoms with E-state index >= 15 is 0 Å². The summed E-state index contributed by atoms with van der Waals surface area (Å²) < 4.78 is 28.1. The molecule has 2 N–H and O–H groups in total. The topological polar surface area (TPSA) is 75.3 Å². The van der Waals surface area contributed by atoms with Crippen LogP contribution in [0.1, 0.15) is 16.7 Å². The van der Waals surface area contributed by atoms with Gasteiger partial charge in [-0.3, -0.25) is 4.79 Å². The summed E-state index contributed by atoms with van der Waals surface area (Å²) in [5, 5.41) is 4.53. The van der Waals surface area contributed by atoms with Crippen molar-refractivity contribution in [2.45, 2.75) is 30.5 Å². The van der Waals surface area contributed by atoms with Crippen LogP contribution >= 0.6 is 11.3 Å². The molecule has 0 fully saturated rings. The van der Waals surface area contributed by atoms with Gasteiger partial charge in [-0.25, -0.2) is 8.42 Å². The third-order valence-corrected chi connectivity index (χ3v) is 7.30. The second-order valence-electron chi connectivity index (χ2n) is 6.58. The first-order valence-corrected chi connectivity index (χ1v) is 11.2. The second-order valence-corrected chi connectivity index (χ2v) is 9.47. The molecule has 1 atom stereocenters. The molecular weight excluding hydrogens is 392 g/mol. The Morgan fingerprint density at radius 1 is 1.00 bits per heavy atom. The molecule has 0 bridgehead atoms. The molecule has 0 aliphatic carbocycles. The first kappa shape index (κ1) is 20.3. The van der Waals surface area contributed by atoms with Crippen LogP contribution in [0.15, 0.2) is 70.3 Å². The van der Waals surface area contributed by atoms with E-state index in [1.165, 1.54) is 6.07 Å². The zero-order valence-corrected chi connectivity index (χ0v) is 17.3. The third-order valence-electron chi connectivity index (χ3n) is 4.43. The SMILES string of the molecule is Cc1ccc(NC(=O)C(Cc2ccccc2)NS(=O)(=O)c2cccs2)cc1C. The first-order chi connectivity index (χ1) is 13.3. The van der Waals surface area contributed by atoms with Gasteiger partial charge in [0.2, 0.25) is 5.91 Å². The van der Waals surface area contributed by atoms with E-state index in [0.717, 1.165) is 28.0 Å². The number of sulfonamides is 1. The quantitative estimate of drug-likeness (QED) is 0.616. The van der Waals surface area contributed by atoms with Crippen LogP contribution in [0.25, 0.3) is 0 Å². The third kappa shape index (κ3) is 5.07. The summed E-state index contributed by atoms with van der Waals surface area (Å²) in [4.78, 5) is 12.9. The summed E-state index contributed by atoms with van der Waals surface area (Å²) in [6.07, 6.45) is 0.252. The lowest BCUT2D eigenvalue weighted by Crippen LogP contribution is -2.45. The van der Waals surface area contributed by atoms with Gasteiger partial charge >= 0.3 is 0 Å². The van der Waals surface area contributed by atoms with Crippen molar-refractivity contribution in [3.05, 3.63) is 82.7 Å². The van der Waals surface area contributed by atoms with Gasteiger partial charge in [-0.05, 0) is 60.5 Å². The Kier molecular flexibility index (Phi) is 6.28. The number of nitrogens with one attached hydrogen (secondary N) is 2. The number of carbonyl (C=O) groups excluding carboxylic acids is 1. The molecule has 5 nitrogen and oxygen atoms in total. The Balaban J connectivity index is 1.84. The highest BCUT2D eigenvalue weighted by Gasteiger charge is 2.26. The Labute approximate surface area is 169 Å². The van der Waals surface area contributed by atoms with E-state index in [9.17, 15) is 13.2 Å². The lowest BCUT2D eigenvalue weighted by atomic mass is 10.1. The Morgan fingerprint density at radius 2 is 1.75 bits per heavy atom. The minimum absolute atomic E-state index is 0.185. The molecule has 1 heterocycles. The standard InChI is InChI=1S/C21H22N2O3S2/c1-15-10-11-18(13-16(15)2)22-21(24)19(14-17-7-4-3-5-8-17)23-28(25,26)20-9-6-12-27-20/h3-13,19,23H,14H2,1-2H3,(H,22,24). The van der Waals surface area contributed by atoms with Gasteiger partial charge in [-0.15, -0.1) is 11.3 Å². The summed E-state index contributed by atoms with van der Waals surface area (Å²) in [5.74, 6) is -0.396. The summed E-state index contributed by atoms with van der Waals surface area (Å²) in [5.41, 5.74) is 3.69. The number of hydrogen-bond donors (Lipinski definition) is 2. The monoisotopic (exact) mass is 414 g/mol. The first-order valence-electron chi connectivity index (χ1n) is 8.83. The smallest absolute Gasteiger partial charge is 0.250 e. The largest absolute Gasteiger partial charge is 0.325 e. The molecule has 0 spiro atoms. The van der Waals surface area contributed by atoms with E-state index in [-0.39, 0.29) is 10.6 Å². The summed E-state index contributed by atoms with van der Waals surface area (Å²) >= 11 is 1.12. The van der Waals surface area contributed by atoms with Crippen molar-refractivity contribution in [1.29, 1.82) is 0 Å². The average molecular weight is 415 g/mol. The van der Waals surface area contributed by atoms with Crippen molar-refractivity contribution in [3.8, 4) is 0 Å². The minimum atomic E-state index is -3.78. The highest BCUT2D eigenvalue weighted by atomic mass is 32.2. The summed E-state index contributed by atoms with van der Waals surface area (Å²) in [6.45, 7) is 3.96. The van der Waals surface area contributed by atoms with Gasteiger partial charge in [0.25, 0.3) is 10.0 Å². The van der Waals surface area contributed by atoms with Gasteiger partial charge in [0, 0.05) is 5.69 Å². The molecular formula is C21H22N2O3S2. The maximum atomic E-state index is 12.9. The predicted molar refractivity (Wildman–Crippen MR) is 113 cm³/mol. The van der Waals surface area contributed by atoms with E-state index in [4.69, 9.17) is 0 Å². The van der Waals surface area contributed by atoms with Crippen molar-refractivity contribution >= 4 is 33.0 Å². The zero-order chi connectivity index (χ0) is 20.1. The van der Waals surface area contributed by atoms with Crippen molar-refractivity contribution in [1.82, 2.24) is 4.72 Å². The van der Waals surface area contributed by atoms with E-state index in [1.54, 1.807) is 11.4 Å². The van der Waals surface area contributed by atoms with Crippen molar-refractivity contribution in [2.75, 3.05) is 5.32 Å². The summed E-state index contributed by atoms with van der Waals surface area (Å²) in [6, 6.07) is 17.2. The van der Waals surface area contributed by atoms with Gasteiger partial charge < -0.3 is 5.32 Å². The lowest BCUT2D eigenvalue weighted by molar-refractivity contribution is -0.117. The number of rotatable bonds is 7. The van der Waals surface area contributed by atoms with Gasteiger partial charge in [0.05, 0.1) is 0 Å². The molecule has 3 rings (SSSR count).